The molecule has 0 fully saturated rings. The molecule has 0 atom stereocenters. The van der Waals surface area contributed by atoms with Crippen molar-refractivity contribution in [3.8, 4) is 0 Å². The molecule has 4 nitrogen and oxygen atoms in total. The van der Waals surface area contributed by atoms with Gasteiger partial charge in [-0.15, -0.1) is 0 Å². The van der Waals surface area contributed by atoms with Crippen molar-refractivity contribution >= 4 is 16.9 Å². The van der Waals surface area contributed by atoms with Crippen molar-refractivity contribution in [2.45, 2.75) is 26.6 Å². The standard InChI is InChI=1S/C18H15F3N2O2/c1-10-5-13(18(19,20)21)7-14-11(2)8-23(16(10)14)9-12-3-4-22-15(6-12)17(24)25/h3-8H,9H2,1-2H3,(H,24,25). The molecule has 0 saturated heterocycles. The molecule has 130 valence electrons. The van der Waals surface area contributed by atoms with Crippen LogP contribution in [0.25, 0.3) is 10.9 Å². The first kappa shape index (κ1) is 17.0. The second-order valence-electron chi connectivity index (χ2n) is 5.98. The maximum atomic E-state index is 13.0. The Labute approximate surface area is 141 Å². The zero-order valence-electron chi connectivity index (χ0n) is 13.6. The molecule has 7 heteroatoms. The number of aromatic carboxylic acids is 1. The number of hydrogen-bond acceptors (Lipinski definition) is 2. The summed E-state index contributed by atoms with van der Waals surface area (Å²) < 4.78 is 40.9. The molecule has 3 rings (SSSR count). The highest BCUT2D eigenvalue weighted by atomic mass is 19.4. The van der Waals surface area contributed by atoms with E-state index in [4.69, 9.17) is 5.11 Å². The maximum Gasteiger partial charge on any atom is 0.416 e. The molecule has 0 unspecified atom stereocenters. The minimum atomic E-state index is -4.39. The van der Waals surface area contributed by atoms with Gasteiger partial charge >= 0.3 is 12.1 Å². The number of rotatable bonds is 3. The van der Waals surface area contributed by atoms with Gasteiger partial charge in [-0.2, -0.15) is 13.2 Å². The first-order valence-corrected chi connectivity index (χ1v) is 7.52. The minimum Gasteiger partial charge on any atom is -0.477 e. The van der Waals surface area contributed by atoms with Crippen LogP contribution in [0.15, 0.2) is 36.7 Å². The van der Waals surface area contributed by atoms with Crippen molar-refractivity contribution in [1.82, 2.24) is 9.55 Å². The first-order chi connectivity index (χ1) is 11.7. The first-order valence-electron chi connectivity index (χ1n) is 7.52. The number of pyridine rings is 1. The van der Waals surface area contributed by atoms with Crippen LogP contribution in [-0.2, 0) is 12.7 Å². The number of carbonyl (C=O) groups is 1. The average molecular weight is 348 g/mol. The molecule has 3 aromatic rings. The van der Waals surface area contributed by atoms with Crippen LogP contribution >= 0.6 is 0 Å². The van der Waals surface area contributed by atoms with Crippen LogP contribution in [0, 0.1) is 13.8 Å². The molecule has 2 aromatic heterocycles. The SMILES string of the molecule is Cc1cn(Cc2ccnc(C(=O)O)c2)c2c(C)cc(C(F)(F)F)cc12. The lowest BCUT2D eigenvalue weighted by atomic mass is 10.1. The van der Waals surface area contributed by atoms with Crippen molar-refractivity contribution in [1.29, 1.82) is 0 Å². The van der Waals surface area contributed by atoms with Crippen LogP contribution in [-0.4, -0.2) is 20.6 Å². The summed E-state index contributed by atoms with van der Waals surface area (Å²) in [6.07, 6.45) is -1.21. The lowest BCUT2D eigenvalue weighted by Gasteiger charge is -2.12. The minimum absolute atomic E-state index is 0.0678. The van der Waals surface area contributed by atoms with Crippen LogP contribution < -0.4 is 0 Å². The Hall–Kier alpha value is -2.83. The van der Waals surface area contributed by atoms with Crippen molar-refractivity contribution in [3.05, 3.63) is 64.6 Å². The highest BCUT2D eigenvalue weighted by Crippen LogP contribution is 2.35. The topological polar surface area (TPSA) is 55.1 Å². The largest absolute Gasteiger partial charge is 0.477 e. The molecule has 0 spiro atoms. The Bertz CT molecular complexity index is 974. The Kier molecular flexibility index (Phi) is 4.02. The molecular weight excluding hydrogens is 333 g/mol. The third-order valence-corrected chi connectivity index (χ3v) is 4.09. The van der Waals surface area contributed by atoms with Gasteiger partial charge in [0.05, 0.1) is 11.1 Å². The van der Waals surface area contributed by atoms with E-state index in [1.54, 1.807) is 26.1 Å². The van der Waals surface area contributed by atoms with Crippen LogP contribution in [0.3, 0.4) is 0 Å². The Balaban J connectivity index is 2.09. The van der Waals surface area contributed by atoms with E-state index in [-0.39, 0.29) is 5.69 Å². The number of hydrogen-bond donors (Lipinski definition) is 1. The van der Waals surface area contributed by atoms with Gasteiger partial charge in [0.25, 0.3) is 0 Å². The van der Waals surface area contributed by atoms with Gasteiger partial charge < -0.3 is 9.67 Å². The third kappa shape index (κ3) is 3.22. The van der Waals surface area contributed by atoms with Gasteiger partial charge in [-0.05, 0) is 54.8 Å². The fourth-order valence-electron chi connectivity index (χ4n) is 3.00. The molecule has 0 saturated carbocycles. The molecule has 2 heterocycles. The van der Waals surface area contributed by atoms with E-state index in [1.165, 1.54) is 12.3 Å². The second kappa shape index (κ2) is 5.91. The molecule has 25 heavy (non-hydrogen) atoms. The molecule has 0 radical (unpaired) electrons. The van der Waals surface area contributed by atoms with Gasteiger partial charge in [-0.1, -0.05) is 0 Å². The van der Waals surface area contributed by atoms with Gasteiger partial charge in [-0.25, -0.2) is 9.78 Å². The summed E-state index contributed by atoms with van der Waals surface area (Å²) in [5, 5.41) is 9.57. The number of benzene rings is 1. The van der Waals surface area contributed by atoms with Crippen molar-refractivity contribution in [2.24, 2.45) is 0 Å². The lowest BCUT2D eigenvalue weighted by molar-refractivity contribution is -0.137. The van der Waals surface area contributed by atoms with Gasteiger partial charge in [0.1, 0.15) is 5.69 Å². The van der Waals surface area contributed by atoms with Crippen LogP contribution in [0.1, 0.15) is 32.7 Å². The molecule has 1 aromatic carbocycles. The zero-order chi connectivity index (χ0) is 18.4. The summed E-state index contributed by atoms with van der Waals surface area (Å²) in [4.78, 5) is 14.8. The van der Waals surface area contributed by atoms with Gasteiger partial charge in [0.15, 0.2) is 0 Å². The van der Waals surface area contributed by atoms with Gasteiger partial charge in [0.2, 0.25) is 0 Å². The smallest absolute Gasteiger partial charge is 0.416 e. The van der Waals surface area contributed by atoms with Crippen molar-refractivity contribution in [2.75, 3.05) is 0 Å². The van der Waals surface area contributed by atoms with Crippen LogP contribution in [0.4, 0.5) is 13.2 Å². The number of alkyl halides is 3. The van der Waals surface area contributed by atoms with Crippen LogP contribution in [0.5, 0.6) is 0 Å². The Morgan fingerprint density at radius 2 is 1.92 bits per heavy atom. The van der Waals surface area contributed by atoms with E-state index in [0.29, 0.717) is 28.6 Å². The molecule has 0 bridgehead atoms. The number of carboxylic acid groups (broad SMARTS) is 1. The molecule has 0 amide bonds. The van der Waals surface area contributed by atoms with E-state index in [2.05, 4.69) is 4.98 Å². The molecule has 0 aliphatic rings. The fourth-order valence-corrected chi connectivity index (χ4v) is 3.00. The van der Waals surface area contributed by atoms with Gasteiger partial charge in [0, 0.05) is 24.3 Å². The second-order valence-corrected chi connectivity index (χ2v) is 5.98. The number of aryl methyl sites for hydroxylation is 2. The molecule has 1 N–H and O–H groups in total. The average Bonchev–Trinajstić information content (AvgIpc) is 2.83. The zero-order valence-corrected chi connectivity index (χ0v) is 13.6. The highest BCUT2D eigenvalue weighted by Gasteiger charge is 2.31. The molecular formula is C18H15F3N2O2. The van der Waals surface area contributed by atoms with E-state index in [1.807, 2.05) is 4.57 Å². The number of aromatic nitrogens is 2. The fraction of sp³-hybridized carbons (Fsp3) is 0.222. The molecule has 0 aliphatic heterocycles. The highest BCUT2D eigenvalue weighted by molar-refractivity contribution is 5.88. The van der Waals surface area contributed by atoms with Gasteiger partial charge in [-0.3, -0.25) is 0 Å². The Morgan fingerprint density at radius 1 is 1.20 bits per heavy atom. The van der Waals surface area contributed by atoms with E-state index in [9.17, 15) is 18.0 Å². The number of halogens is 3. The summed E-state index contributed by atoms with van der Waals surface area (Å²) in [5.41, 5.74) is 1.93. The van der Waals surface area contributed by atoms with E-state index in [0.717, 1.165) is 17.7 Å². The van der Waals surface area contributed by atoms with E-state index >= 15 is 0 Å². The Morgan fingerprint density at radius 3 is 2.56 bits per heavy atom. The predicted molar refractivity (Wildman–Crippen MR) is 86.7 cm³/mol. The number of nitrogens with zero attached hydrogens (tertiary/aromatic N) is 2. The summed E-state index contributed by atoms with van der Waals surface area (Å²) in [5.74, 6) is -1.12. The van der Waals surface area contributed by atoms with Crippen LogP contribution in [0.2, 0.25) is 0 Å². The maximum absolute atomic E-state index is 13.0. The third-order valence-electron chi connectivity index (χ3n) is 4.09. The summed E-state index contributed by atoms with van der Waals surface area (Å²) in [6, 6.07) is 5.44. The number of carboxylic acids is 1. The lowest BCUT2D eigenvalue weighted by Crippen LogP contribution is -2.06. The van der Waals surface area contributed by atoms with E-state index < -0.39 is 17.7 Å². The normalized spacial score (nSPS) is 11.9. The predicted octanol–water partition coefficient (Wildman–Crippen LogP) is 4.42. The summed E-state index contributed by atoms with van der Waals surface area (Å²) in [7, 11) is 0. The monoisotopic (exact) mass is 348 g/mol. The number of fused-ring (bicyclic) bond motifs is 1. The molecule has 0 aliphatic carbocycles. The van der Waals surface area contributed by atoms with Crippen molar-refractivity contribution < 1.29 is 23.1 Å². The quantitative estimate of drug-likeness (QED) is 0.762. The summed E-state index contributed by atoms with van der Waals surface area (Å²) >= 11 is 0. The summed E-state index contributed by atoms with van der Waals surface area (Å²) in [6.45, 7) is 3.75. The van der Waals surface area contributed by atoms with Crippen molar-refractivity contribution in [3.63, 3.8) is 0 Å².